The standard InChI is InChI=1S/C27H32F4N2O2/c1-15(2)32-13-21(20-7-5-18(28)9-24(20)30)22(14-32)26(34)33-11-16(3)27(35,17(4)12-33)23-8-6-19(29)10-25(23)31/h5-10,15-17,21-22,35H,11-14H2,1-4H3/t16-,17+,21-,22+,27-/m0/s1. The van der Waals surface area contributed by atoms with Crippen LogP contribution in [0.3, 0.4) is 0 Å². The maximum absolute atomic E-state index is 14.7. The highest BCUT2D eigenvalue weighted by Gasteiger charge is 2.50. The minimum absolute atomic E-state index is 0.0177. The van der Waals surface area contributed by atoms with Crippen LogP contribution in [0.25, 0.3) is 0 Å². The van der Waals surface area contributed by atoms with E-state index in [1.165, 1.54) is 18.2 Å². The molecule has 2 aliphatic rings. The van der Waals surface area contributed by atoms with Gasteiger partial charge in [-0.15, -0.1) is 0 Å². The minimum Gasteiger partial charge on any atom is -0.384 e. The summed E-state index contributed by atoms with van der Waals surface area (Å²) in [6.45, 7) is 8.76. The fourth-order valence-electron chi connectivity index (χ4n) is 5.88. The number of aliphatic hydroxyl groups is 1. The van der Waals surface area contributed by atoms with E-state index in [0.717, 1.165) is 18.2 Å². The van der Waals surface area contributed by atoms with Gasteiger partial charge in [0.2, 0.25) is 5.91 Å². The molecule has 0 aromatic heterocycles. The van der Waals surface area contributed by atoms with Gasteiger partial charge >= 0.3 is 0 Å². The number of hydrogen-bond acceptors (Lipinski definition) is 3. The zero-order valence-electron chi connectivity index (χ0n) is 20.4. The molecule has 1 N–H and O–H groups in total. The molecule has 0 bridgehead atoms. The molecule has 2 aromatic rings. The summed E-state index contributed by atoms with van der Waals surface area (Å²) in [6.07, 6.45) is 0. The molecule has 0 aliphatic carbocycles. The highest BCUT2D eigenvalue weighted by atomic mass is 19.1. The van der Waals surface area contributed by atoms with Crippen LogP contribution >= 0.6 is 0 Å². The van der Waals surface area contributed by atoms with Gasteiger partial charge in [0.25, 0.3) is 0 Å². The van der Waals surface area contributed by atoms with Crippen molar-refractivity contribution in [1.82, 2.24) is 9.80 Å². The Morgan fingerprint density at radius 1 is 0.914 bits per heavy atom. The van der Waals surface area contributed by atoms with Gasteiger partial charge in [0.05, 0.1) is 5.92 Å². The van der Waals surface area contributed by atoms with Crippen LogP contribution in [0.4, 0.5) is 17.6 Å². The van der Waals surface area contributed by atoms with Crippen molar-refractivity contribution in [3.05, 3.63) is 70.8 Å². The maximum atomic E-state index is 14.7. The first kappa shape index (κ1) is 25.6. The van der Waals surface area contributed by atoms with Crippen molar-refractivity contribution < 1.29 is 27.5 Å². The molecule has 2 aromatic carbocycles. The predicted octanol–water partition coefficient (Wildman–Crippen LogP) is 4.67. The second-order valence-electron chi connectivity index (χ2n) is 10.4. The molecule has 4 nitrogen and oxygen atoms in total. The number of carbonyl (C=O) groups is 1. The summed E-state index contributed by atoms with van der Waals surface area (Å²) in [5.74, 6) is -5.07. The third-order valence-corrected chi connectivity index (χ3v) is 7.92. The van der Waals surface area contributed by atoms with Crippen molar-refractivity contribution in [2.24, 2.45) is 17.8 Å². The van der Waals surface area contributed by atoms with E-state index in [4.69, 9.17) is 0 Å². The van der Waals surface area contributed by atoms with Gasteiger partial charge < -0.3 is 10.0 Å². The molecular weight excluding hydrogens is 460 g/mol. The summed E-state index contributed by atoms with van der Waals surface area (Å²) in [6, 6.07) is 6.75. The number of benzene rings is 2. The first-order chi connectivity index (χ1) is 16.4. The topological polar surface area (TPSA) is 43.8 Å². The van der Waals surface area contributed by atoms with Crippen molar-refractivity contribution in [3.63, 3.8) is 0 Å². The lowest BCUT2D eigenvalue weighted by molar-refractivity contribution is -0.153. The smallest absolute Gasteiger partial charge is 0.227 e. The molecule has 2 saturated heterocycles. The van der Waals surface area contributed by atoms with E-state index in [-0.39, 0.29) is 30.6 Å². The first-order valence-electron chi connectivity index (χ1n) is 12.1. The van der Waals surface area contributed by atoms with Gasteiger partial charge in [-0.3, -0.25) is 9.69 Å². The SMILES string of the molecule is CC(C)N1C[C@@H](C(=O)N2C[C@@H](C)[C@](O)(c3ccc(F)cc3F)[C@@H](C)C2)[C@H](c2ccc(F)cc2F)C1. The number of rotatable bonds is 4. The van der Waals surface area contributed by atoms with Crippen LogP contribution < -0.4 is 0 Å². The maximum Gasteiger partial charge on any atom is 0.227 e. The van der Waals surface area contributed by atoms with E-state index in [1.807, 2.05) is 13.8 Å². The molecule has 8 heteroatoms. The fraction of sp³-hybridized carbons (Fsp3) is 0.519. The summed E-state index contributed by atoms with van der Waals surface area (Å²) in [5.41, 5.74) is -1.24. The summed E-state index contributed by atoms with van der Waals surface area (Å²) >= 11 is 0. The van der Waals surface area contributed by atoms with Gasteiger partial charge in [-0.05, 0) is 31.5 Å². The zero-order chi connectivity index (χ0) is 25.7. The van der Waals surface area contributed by atoms with Crippen LogP contribution in [-0.2, 0) is 10.4 Å². The molecule has 35 heavy (non-hydrogen) atoms. The number of piperidine rings is 1. The monoisotopic (exact) mass is 492 g/mol. The molecule has 4 rings (SSSR count). The molecular formula is C27H32F4N2O2. The fourth-order valence-corrected chi connectivity index (χ4v) is 5.88. The second kappa shape index (κ2) is 9.54. The summed E-state index contributed by atoms with van der Waals surface area (Å²) in [7, 11) is 0. The molecule has 5 atom stereocenters. The van der Waals surface area contributed by atoms with Crippen molar-refractivity contribution in [3.8, 4) is 0 Å². The van der Waals surface area contributed by atoms with E-state index >= 15 is 0 Å². The molecule has 2 fully saturated rings. The van der Waals surface area contributed by atoms with Gasteiger partial charge in [-0.25, -0.2) is 17.6 Å². The molecule has 190 valence electrons. The second-order valence-corrected chi connectivity index (χ2v) is 10.4. The van der Waals surface area contributed by atoms with E-state index in [9.17, 15) is 27.5 Å². The lowest BCUT2D eigenvalue weighted by Gasteiger charge is -2.48. The molecule has 1 amide bonds. The Hall–Kier alpha value is -2.45. The quantitative estimate of drug-likeness (QED) is 0.631. The molecule has 2 heterocycles. The van der Waals surface area contributed by atoms with Crippen LogP contribution in [0, 0.1) is 41.0 Å². The van der Waals surface area contributed by atoms with Gasteiger partial charge in [0, 0.05) is 67.7 Å². The Labute approximate surface area is 203 Å². The Bertz CT molecular complexity index is 1100. The van der Waals surface area contributed by atoms with Crippen molar-refractivity contribution >= 4 is 5.91 Å². The average molecular weight is 493 g/mol. The lowest BCUT2D eigenvalue weighted by Crippen LogP contribution is -2.57. The Kier molecular flexibility index (Phi) is 6.99. The van der Waals surface area contributed by atoms with Gasteiger partial charge in [-0.1, -0.05) is 26.0 Å². The normalized spacial score (nSPS) is 29.7. The minimum atomic E-state index is -1.57. The van der Waals surface area contributed by atoms with E-state index in [1.54, 1.807) is 18.7 Å². The van der Waals surface area contributed by atoms with Crippen LogP contribution in [0.2, 0.25) is 0 Å². The summed E-state index contributed by atoms with van der Waals surface area (Å²) in [4.78, 5) is 17.5. The van der Waals surface area contributed by atoms with Crippen LogP contribution in [0.1, 0.15) is 44.7 Å². The first-order valence-corrected chi connectivity index (χ1v) is 12.1. The molecule has 0 radical (unpaired) electrons. The van der Waals surface area contributed by atoms with Crippen LogP contribution in [-0.4, -0.2) is 53.0 Å². The van der Waals surface area contributed by atoms with Crippen molar-refractivity contribution in [2.75, 3.05) is 26.2 Å². The molecule has 0 spiro atoms. The highest BCUT2D eigenvalue weighted by Crippen LogP contribution is 2.44. The molecule has 2 aliphatic heterocycles. The van der Waals surface area contributed by atoms with E-state index in [2.05, 4.69) is 4.90 Å². The highest BCUT2D eigenvalue weighted by molar-refractivity contribution is 5.81. The average Bonchev–Trinajstić information content (AvgIpc) is 3.22. The third-order valence-electron chi connectivity index (χ3n) is 7.92. The van der Waals surface area contributed by atoms with Gasteiger partial charge in [0.15, 0.2) is 0 Å². The van der Waals surface area contributed by atoms with Crippen molar-refractivity contribution in [1.29, 1.82) is 0 Å². The predicted molar refractivity (Wildman–Crippen MR) is 124 cm³/mol. The Balaban J connectivity index is 1.60. The molecule has 0 saturated carbocycles. The van der Waals surface area contributed by atoms with Crippen LogP contribution in [0.15, 0.2) is 36.4 Å². The Morgan fingerprint density at radius 3 is 2.03 bits per heavy atom. The number of nitrogens with zero attached hydrogens (tertiary/aromatic N) is 2. The molecule has 0 unspecified atom stereocenters. The van der Waals surface area contributed by atoms with E-state index < -0.39 is 52.5 Å². The lowest BCUT2D eigenvalue weighted by atomic mass is 9.70. The number of carbonyl (C=O) groups excluding carboxylic acids is 1. The van der Waals surface area contributed by atoms with Crippen LogP contribution in [0.5, 0.6) is 0 Å². The number of hydrogen-bond donors (Lipinski definition) is 1. The summed E-state index contributed by atoms with van der Waals surface area (Å²) in [5, 5.41) is 11.5. The number of likely N-dealkylation sites (tertiary alicyclic amines) is 2. The Morgan fingerprint density at radius 2 is 1.49 bits per heavy atom. The van der Waals surface area contributed by atoms with E-state index in [0.29, 0.717) is 18.7 Å². The third kappa shape index (κ3) is 4.58. The van der Waals surface area contributed by atoms with Gasteiger partial charge in [0.1, 0.15) is 28.9 Å². The number of amides is 1. The summed E-state index contributed by atoms with van der Waals surface area (Å²) < 4.78 is 56.3. The zero-order valence-corrected chi connectivity index (χ0v) is 20.4. The van der Waals surface area contributed by atoms with Gasteiger partial charge in [-0.2, -0.15) is 0 Å². The van der Waals surface area contributed by atoms with Crippen molar-refractivity contribution in [2.45, 2.75) is 45.3 Å². The number of halogens is 4. The largest absolute Gasteiger partial charge is 0.384 e.